The van der Waals surface area contributed by atoms with E-state index < -0.39 is 60.2 Å². The summed E-state index contributed by atoms with van der Waals surface area (Å²) in [7, 11) is 0. The van der Waals surface area contributed by atoms with Gasteiger partial charge in [0.05, 0.1) is 6.54 Å². The molecular formula is C35H45N11O6. The van der Waals surface area contributed by atoms with E-state index in [0.29, 0.717) is 5.56 Å². The minimum absolute atomic E-state index is 0.0531. The summed E-state index contributed by atoms with van der Waals surface area (Å²) in [6, 6.07) is 14.0. The molecule has 4 rings (SSSR count). The zero-order valence-electron chi connectivity index (χ0n) is 28.5. The van der Waals surface area contributed by atoms with Gasteiger partial charge in [-0.25, -0.2) is 0 Å². The third-order valence-electron chi connectivity index (χ3n) is 8.26. The summed E-state index contributed by atoms with van der Waals surface area (Å²) in [5, 5.41) is 25.1. The van der Waals surface area contributed by atoms with Crippen molar-refractivity contribution in [1.29, 1.82) is 0 Å². The van der Waals surface area contributed by atoms with Crippen LogP contribution in [-0.4, -0.2) is 84.3 Å². The number of aliphatic imine (C=N–C) groups is 2. The van der Waals surface area contributed by atoms with E-state index in [2.05, 4.69) is 36.6 Å². The number of guanidine groups is 2. The SMILES string of the molecule is NC(N)=NCCC[C@@H]1NC(=O)[C@H](CCCN=C(N)N)NC(=O)[C@H](c2ccc(O)cc2)NC(=O)CNC(=O)[C@H](Cc2ccc3ccccc3c2)NC1=O. The van der Waals surface area contributed by atoms with Crippen LogP contribution >= 0.6 is 0 Å². The lowest BCUT2D eigenvalue weighted by molar-refractivity contribution is -0.134. The molecule has 0 unspecified atom stereocenters. The molecule has 0 aliphatic carbocycles. The fraction of sp³-hybridized carbons (Fsp3) is 0.343. The van der Waals surface area contributed by atoms with Gasteiger partial charge in [-0.2, -0.15) is 0 Å². The standard InChI is InChI=1S/C35H45N11O6/c36-34(37)40-15-3-7-25-32(51)45-27(18-20-9-10-21-5-1-2-6-23(21)17-20)30(49)42-19-28(48)46-29(22-11-13-24(47)14-12-22)33(52)44-26(31(50)43-25)8-4-16-41-35(38)39/h1-2,5-6,9-14,17,25-27,29,47H,3-4,7-8,15-16,18-19H2,(H,42,49)(H,43,50)(H,44,52)(H,45,51)(H,46,48)(H4,36,37,40)(H4,38,39,41)/t25-,26-,27-,29-/m0/s1. The van der Waals surface area contributed by atoms with Crippen molar-refractivity contribution in [2.45, 2.75) is 56.3 Å². The lowest BCUT2D eigenvalue weighted by Gasteiger charge is -2.26. The summed E-state index contributed by atoms with van der Waals surface area (Å²) >= 11 is 0. The topological polar surface area (TPSA) is 295 Å². The lowest BCUT2D eigenvalue weighted by Crippen LogP contribution is -2.57. The van der Waals surface area contributed by atoms with E-state index in [1.807, 2.05) is 42.5 Å². The highest BCUT2D eigenvalue weighted by Crippen LogP contribution is 2.19. The zero-order chi connectivity index (χ0) is 37.6. The van der Waals surface area contributed by atoms with E-state index >= 15 is 0 Å². The van der Waals surface area contributed by atoms with E-state index in [0.717, 1.165) is 16.3 Å². The Bertz CT molecular complexity index is 1810. The first-order valence-corrected chi connectivity index (χ1v) is 16.7. The summed E-state index contributed by atoms with van der Waals surface area (Å²) in [4.78, 5) is 76.3. The molecule has 14 N–H and O–H groups in total. The van der Waals surface area contributed by atoms with Crippen molar-refractivity contribution in [3.8, 4) is 5.75 Å². The largest absolute Gasteiger partial charge is 0.508 e. The van der Waals surface area contributed by atoms with E-state index in [9.17, 15) is 29.1 Å². The maximum absolute atomic E-state index is 13.9. The Morgan fingerprint density at radius 3 is 1.81 bits per heavy atom. The average Bonchev–Trinajstić information content (AvgIpc) is 3.11. The van der Waals surface area contributed by atoms with Gasteiger partial charge in [-0.05, 0) is 59.7 Å². The fourth-order valence-electron chi connectivity index (χ4n) is 5.62. The van der Waals surface area contributed by atoms with Crippen LogP contribution in [0.1, 0.15) is 42.9 Å². The van der Waals surface area contributed by atoms with Crippen LogP contribution in [-0.2, 0) is 30.4 Å². The normalized spacial score (nSPS) is 20.2. The highest BCUT2D eigenvalue weighted by Gasteiger charge is 2.33. The molecule has 0 aromatic heterocycles. The number of carbonyl (C=O) groups is 5. The number of carbonyl (C=O) groups excluding carboxylic acids is 5. The Morgan fingerprint density at radius 1 is 0.654 bits per heavy atom. The van der Waals surface area contributed by atoms with Crippen molar-refractivity contribution >= 4 is 52.2 Å². The van der Waals surface area contributed by atoms with Crippen molar-refractivity contribution in [2.75, 3.05) is 19.6 Å². The maximum Gasteiger partial charge on any atom is 0.247 e. The fourth-order valence-corrected chi connectivity index (χ4v) is 5.62. The molecule has 1 fully saturated rings. The van der Waals surface area contributed by atoms with Crippen LogP contribution < -0.4 is 49.5 Å². The van der Waals surface area contributed by atoms with Gasteiger partial charge < -0.3 is 54.6 Å². The monoisotopic (exact) mass is 715 g/mol. The van der Waals surface area contributed by atoms with Crippen LogP contribution in [0.15, 0.2) is 76.7 Å². The van der Waals surface area contributed by atoms with Crippen LogP contribution in [0.25, 0.3) is 10.8 Å². The van der Waals surface area contributed by atoms with Gasteiger partial charge in [0.2, 0.25) is 29.5 Å². The Balaban J connectivity index is 1.70. The van der Waals surface area contributed by atoms with Crippen molar-refractivity contribution in [2.24, 2.45) is 32.9 Å². The minimum Gasteiger partial charge on any atom is -0.508 e. The van der Waals surface area contributed by atoms with Gasteiger partial charge in [0.15, 0.2) is 11.9 Å². The molecule has 0 saturated carbocycles. The van der Waals surface area contributed by atoms with Gasteiger partial charge in [0, 0.05) is 19.5 Å². The van der Waals surface area contributed by atoms with Gasteiger partial charge in [-0.15, -0.1) is 0 Å². The molecule has 276 valence electrons. The molecule has 0 bridgehead atoms. The number of fused-ring (bicyclic) bond motifs is 1. The number of nitrogens with zero attached hydrogens (tertiary/aromatic N) is 2. The molecule has 3 aromatic carbocycles. The highest BCUT2D eigenvalue weighted by molar-refractivity contribution is 5.97. The Labute approximate surface area is 300 Å². The van der Waals surface area contributed by atoms with Gasteiger partial charge in [-0.3, -0.25) is 34.0 Å². The number of nitrogens with one attached hydrogen (secondary N) is 5. The minimum atomic E-state index is -1.33. The number of nitrogens with two attached hydrogens (primary N) is 4. The molecular weight excluding hydrogens is 670 g/mol. The van der Waals surface area contributed by atoms with E-state index in [-0.39, 0.29) is 62.9 Å². The second-order valence-electron chi connectivity index (χ2n) is 12.3. The Kier molecular flexibility index (Phi) is 13.7. The molecule has 1 aliphatic rings. The maximum atomic E-state index is 13.9. The Morgan fingerprint density at radius 2 is 1.21 bits per heavy atom. The van der Waals surface area contributed by atoms with Gasteiger partial charge in [0.1, 0.15) is 29.9 Å². The molecule has 5 amide bonds. The van der Waals surface area contributed by atoms with Crippen LogP contribution in [0.4, 0.5) is 0 Å². The number of hydrogen-bond acceptors (Lipinski definition) is 8. The number of benzene rings is 3. The molecule has 3 aromatic rings. The number of phenols is 1. The second kappa shape index (κ2) is 18.6. The number of rotatable bonds is 11. The number of phenolic OH excluding ortho intramolecular Hbond substituents is 1. The van der Waals surface area contributed by atoms with E-state index in [1.165, 1.54) is 24.3 Å². The first-order chi connectivity index (χ1) is 24.9. The van der Waals surface area contributed by atoms with Crippen LogP contribution in [0.5, 0.6) is 5.75 Å². The first kappa shape index (κ1) is 38.4. The van der Waals surface area contributed by atoms with Gasteiger partial charge >= 0.3 is 0 Å². The summed E-state index contributed by atoms with van der Waals surface area (Å²) in [6.07, 6.45) is 0.726. The average molecular weight is 716 g/mol. The summed E-state index contributed by atoms with van der Waals surface area (Å²) in [5.74, 6) is -3.89. The summed E-state index contributed by atoms with van der Waals surface area (Å²) < 4.78 is 0. The predicted molar refractivity (Wildman–Crippen MR) is 195 cm³/mol. The predicted octanol–water partition coefficient (Wildman–Crippen LogP) is -1.36. The van der Waals surface area contributed by atoms with Crippen LogP contribution in [0.3, 0.4) is 0 Å². The number of aromatic hydroxyl groups is 1. The van der Waals surface area contributed by atoms with Crippen LogP contribution in [0, 0.1) is 0 Å². The molecule has 0 radical (unpaired) electrons. The first-order valence-electron chi connectivity index (χ1n) is 16.7. The summed E-state index contributed by atoms with van der Waals surface area (Å²) in [5.41, 5.74) is 22.9. The number of hydrogen-bond donors (Lipinski definition) is 10. The molecule has 0 spiro atoms. The molecule has 1 heterocycles. The molecule has 1 aliphatic heterocycles. The van der Waals surface area contributed by atoms with Crippen molar-refractivity contribution < 1.29 is 29.1 Å². The highest BCUT2D eigenvalue weighted by atomic mass is 16.3. The number of amides is 5. The van der Waals surface area contributed by atoms with Crippen molar-refractivity contribution in [1.82, 2.24) is 26.6 Å². The van der Waals surface area contributed by atoms with Crippen molar-refractivity contribution in [3.63, 3.8) is 0 Å². The quantitative estimate of drug-likeness (QED) is 0.0632. The van der Waals surface area contributed by atoms with E-state index in [1.54, 1.807) is 0 Å². The summed E-state index contributed by atoms with van der Waals surface area (Å²) in [6.45, 7) is -0.234. The third kappa shape index (κ3) is 11.6. The third-order valence-corrected chi connectivity index (χ3v) is 8.26. The van der Waals surface area contributed by atoms with Gasteiger partial charge in [0.25, 0.3) is 0 Å². The van der Waals surface area contributed by atoms with Gasteiger partial charge in [-0.1, -0.05) is 54.6 Å². The van der Waals surface area contributed by atoms with E-state index in [4.69, 9.17) is 22.9 Å². The zero-order valence-corrected chi connectivity index (χ0v) is 28.5. The lowest BCUT2D eigenvalue weighted by atomic mass is 10.0. The molecule has 4 atom stereocenters. The molecule has 52 heavy (non-hydrogen) atoms. The second-order valence-corrected chi connectivity index (χ2v) is 12.3. The molecule has 1 saturated heterocycles. The van der Waals surface area contributed by atoms with Crippen LogP contribution in [0.2, 0.25) is 0 Å². The smallest absolute Gasteiger partial charge is 0.247 e. The molecule has 17 nitrogen and oxygen atoms in total. The van der Waals surface area contributed by atoms with Crippen molar-refractivity contribution in [3.05, 3.63) is 77.9 Å². The molecule has 17 heteroatoms. The Hall–Kier alpha value is -6.39.